The molecule has 23 heavy (non-hydrogen) atoms. The quantitative estimate of drug-likeness (QED) is 0.285. The number of rotatable bonds is 5. The number of hydrogen-bond acceptors (Lipinski definition) is 3. The summed E-state index contributed by atoms with van der Waals surface area (Å²) in [5.74, 6) is 0.710. The van der Waals surface area contributed by atoms with Gasteiger partial charge in [0.05, 0.1) is 11.1 Å². The van der Waals surface area contributed by atoms with Gasteiger partial charge in [-0.1, -0.05) is 31.9 Å². The SMILES string of the molecule is CCOc1ccc(Br)cc1/C=C/C(=O)Oc1ccc(Br)cc1Br. The van der Waals surface area contributed by atoms with E-state index in [1.54, 1.807) is 18.2 Å². The molecular formula is C17H13Br3O3. The third-order valence-corrected chi connectivity index (χ3v) is 4.38. The maximum absolute atomic E-state index is 12.0. The van der Waals surface area contributed by atoms with E-state index in [0.29, 0.717) is 22.6 Å². The molecule has 0 spiro atoms. The van der Waals surface area contributed by atoms with Crippen molar-refractivity contribution in [3.05, 3.63) is 61.5 Å². The van der Waals surface area contributed by atoms with Gasteiger partial charge in [0.25, 0.3) is 0 Å². The van der Waals surface area contributed by atoms with Crippen molar-refractivity contribution in [2.24, 2.45) is 0 Å². The molecule has 2 aromatic carbocycles. The number of benzene rings is 2. The minimum atomic E-state index is -0.463. The maximum Gasteiger partial charge on any atom is 0.336 e. The van der Waals surface area contributed by atoms with E-state index in [4.69, 9.17) is 9.47 Å². The Bertz CT molecular complexity index is 742. The predicted octanol–water partition coefficient (Wildman–Crippen LogP) is 5.99. The molecule has 0 aromatic heterocycles. The molecule has 0 amide bonds. The summed E-state index contributed by atoms with van der Waals surface area (Å²) in [6.07, 6.45) is 3.05. The number of hydrogen-bond donors (Lipinski definition) is 0. The Kier molecular flexibility index (Phi) is 6.87. The molecule has 0 N–H and O–H groups in total. The van der Waals surface area contributed by atoms with E-state index in [-0.39, 0.29) is 0 Å². The highest BCUT2D eigenvalue weighted by Gasteiger charge is 2.07. The lowest BCUT2D eigenvalue weighted by molar-refractivity contribution is -0.128. The smallest absolute Gasteiger partial charge is 0.336 e. The van der Waals surface area contributed by atoms with Crippen LogP contribution in [0.25, 0.3) is 6.08 Å². The summed E-state index contributed by atoms with van der Waals surface area (Å²) in [6, 6.07) is 10.9. The van der Waals surface area contributed by atoms with Crippen LogP contribution in [0.2, 0.25) is 0 Å². The Morgan fingerprint density at radius 3 is 2.35 bits per heavy atom. The second-order valence-electron chi connectivity index (χ2n) is 4.44. The van der Waals surface area contributed by atoms with Gasteiger partial charge in [-0.15, -0.1) is 0 Å². The van der Waals surface area contributed by atoms with Crippen molar-refractivity contribution in [3.8, 4) is 11.5 Å². The Balaban J connectivity index is 2.13. The van der Waals surface area contributed by atoms with Crippen molar-refractivity contribution in [2.75, 3.05) is 6.61 Å². The number of halogens is 3. The average Bonchev–Trinajstić information content (AvgIpc) is 2.50. The van der Waals surface area contributed by atoms with Gasteiger partial charge in [0.1, 0.15) is 11.5 Å². The molecule has 0 atom stereocenters. The lowest BCUT2D eigenvalue weighted by Gasteiger charge is -2.07. The van der Waals surface area contributed by atoms with Gasteiger partial charge in [-0.2, -0.15) is 0 Å². The Morgan fingerprint density at radius 2 is 1.70 bits per heavy atom. The topological polar surface area (TPSA) is 35.5 Å². The fourth-order valence-corrected chi connectivity index (χ4v) is 3.30. The molecule has 0 saturated carbocycles. The standard InChI is InChI=1S/C17H13Br3O3/c1-2-22-15-6-4-12(18)9-11(15)3-8-17(21)23-16-7-5-13(19)10-14(16)20/h3-10H,2H2,1H3/b8-3+. The molecule has 120 valence electrons. The van der Waals surface area contributed by atoms with Crippen LogP contribution in [0.15, 0.2) is 55.9 Å². The van der Waals surface area contributed by atoms with Gasteiger partial charge in [-0.3, -0.25) is 0 Å². The van der Waals surface area contributed by atoms with Crippen molar-refractivity contribution < 1.29 is 14.3 Å². The number of ether oxygens (including phenoxy) is 2. The molecule has 2 rings (SSSR count). The monoisotopic (exact) mass is 502 g/mol. The molecule has 6 heteroatoms. The zero-order chi connectivity index (χ0) is 16.8. The van der Waals surface area contributed by atoms with Crippen molar-refractivity contribution >= 4 is 59.8 Å². The van der Waals surface area contributed by atoms with Crippen LogP contribution in [-0.2, 0) is 4.79 Å². The van der Waals surface area contributed by atoms with Crippen LogP contribution in [0.1, 0.15) is 12.5 Å². The van der Waals surface area contributed by atoms with E-state index >= 15 is 0 Å². The summed E-state index contributed by atoms with van der Waals surface area (Å²) in [7, 11) is 0. The van der Waals surface area contributed by atoms with E-state index in [0.717, 1.165) is 14.5 Å². The van der Waals surface area contributed by atoms with Crippen molar-refractivity contribution in [2.45, 2.75) is 6.92 Å². The van der Waals surface area contributed by atoms with Gasteiger partial charge in [0, 0.05) is 20.6 Å². The maximum atomic E-state index is 12.0. The van der Waals surface area contributed by atoms with Crippen LogP contribution in [0, 0.1) is 0 Å². The first-order chi connectivity index (χ1) is 11.0. The molecular weight excluding hydrogens is 492 g/mol. The molecule has 0 unspecified atom stereocenters. The zero-order valence-electron chi connectivity index (χ0n) is 12.2. The molecule has 0 radical (unpaired) electrons. The normalized spacial score (nSPS) is 10.8. The zero-order valence-corrected chi connectivity index (χ0v) is 16.9. The van der Waals surface area contributed by atoms with E-state index in [1.807, 2.05) is 31.2 Å². The van der Waals surface area contributed by atoms with Gasteiger partial charge in [-0.25, -0.2) is 4.79 Å². The van der Waals surface area contributed by atoms with Gasteiger partial charge in [0.15, 0.2) is 0 Å². The first kappa shape index (κ1) is 18.2. The van der Waals surface area contributed by atoms with E-state index in [9.17, 15) is 4.79 Å². The van der Waals surface area contributed by atoms with Crippen molar-refractivity contribution in [1.82, 2.24) is 0 Å². The van der Waals surface area contributed by atoms with Gasteiger partial charge < -0.3 is 9.47 Å². The molecule has 2 aromatic rings. The van der Waals surface area contributed by atoms with Crippen molar-refractivity contribution in [3.63, 3.8) is 0 Å². The van der Waals surface area contributed by atoms with Gasteiger partial charge in [0.2, 0.25) is 0 Å². The third kappa shape index (κ3) is 5.48. The highest BCUT2D eigenvalue weighted by molar-refractivity contribution is 9.11. The van der Waals surface area contributed by atoms with Crippen LogP contribution in [0.5, 0.6) is 11.5 Å². The number of carbonyl (C=O) groups is 1. The molecule has 0 aliphatic carbocycles. The molecule has 0 fully saturated rings. The summed E-state index contributed by atoms with van der Waals surface area (Å²) >= 11 is 10.1. The van der Waals surface area contributed by atoms with Crippen LogP contribution >= 0.6 is 47.8 Å². The van der Waals surface area contributed by atoms with Gasteiger partial charge >= 0.3 is 5.97 Å². The summed E-state index contributed by atoms with van der Waals surface area (Å²) < 4.78 is 13.3. The van der Waals surface area contributed by atoms with Crippen LogP contribution < -0.4 is 9.47 Å². The third-order valence-electron chi connectivity index (χ3n) is 2.78. The lowest BCUT2D eigenvalue weighted by Crippen LogP contribution is -2.04. The van der Waals surface area contributed by atoms with Crippen LogP contribution in [0.3, 0.4) is 0 Å². The fourth-order valence-electron chi connectivity index (χ4n) is 1.79. The summed E-state index contributed by atoms with van der Waals surface area (Å²) in [6.45, 7) is 2.47. The van der Waals surface area contributed by atoms with Crippen LogP contribution in [-0.4, -0.2) is 12.6 Å². The number of carbonyl (C=O) groups excluding carboxylic acids is 1. The van der Waals surface area contributed by atoms with Gasteiger partial charge in [-0.05, 0) is 65.3 Å². The largest absolute Gasteiger partial charge is 0.493 e. The molecule has 0 aliphatic heterocycles. The number of esters is 1. The molecule has 0 aliphatic rings. The highest BCUT2D eigenvalue weighted by Crippen LogP contribution is 2.29. The second kappa shape index (κ2) is 8.66. The molecule has 3 nitrogen and oxygen atoms in total. The fraction of sp³-hybridized carbons (Fsp3) is 0.118. The highest BCUT2D eigenvalue weighted by atomic mass is 79.9. The molecule has 0 heterocycles. The second-order valence-corrected chi connectivity index (χ2v) is 7.13. The van der Waals surface area contributed by atoms with E-state index < -0.39 is 5.97 Å². The lowest BCUT2D eigenvalue weighted by atomic mass is 10.2. The molecule has 0 bridgehead atoms. The minimum absolute atomic E-state index is 0.460. The Morgan fingerprint density at radius 1 is 1.04 bits per heavy atom. The Labute approximate surface area is 160 Å². The van der Waals surface area contributed by atoms with E-state index in [1.165, 1.54) is 6.08 Å². The minimum Gasteiger partial charge on any atom is -0.493 e. The average molecular weight is 505 g/mol. The van der Waals surface area contributed by atoms with Crippen molar-refractivity contribution in [1.29, 1.82) is 0 Å². The summed E-state index contributed by atoms with van der Waals surface area (Å²) in [5, 5.41) is 0. The van der Waals surface area contributed by atoms with E-state index in [2.05, 4.69) is 47.8 Å². The first-order valence-electron chi connectivity index (χ1n) is 6.77. The first-order valence-corrected chi connectivity index (χ1v) is 9.14. The Hall–Kier alpha value is -1.11. The summed E-state index contributed by atoms with van der Waals surface area (Å²) in [4.78, 5) is 12.0. The van der Waals surface area contributed by atoms with Crippen LogP contribution in [0.4, 0.5) is 0 Å². The predicted molar refractivity (Wildman–Crippen MR) is 102 cm³/mol. The molecule has 0 saturated heterocycles. The summed E-state index contributed by atoms with van der Waals surface area (Å²) in [5.41, 5.74) is 0.799.